The first-order valence-electron chi connectivity index (χ1n) is 10.8. The number of hydrogen-bond acceptors (Lipinski definition) is 7. The smallest absolute Gasteiger partial charge is 0.185 e. The van der Waals surface area contributed by atoms with E-state index in [9.17, 15) is 0 Å². The fourth-order valence-corrected chi connectivity index (χ4v) is 5.06. The second-order valence-electron chi connectivity index (χ2n) is 7.83. The van der Waals surface area contributed by atoms with Gasteiger partial charge in [0, 0.05) is 29.4 Å². The van der Waals surface area contributed by atoms with Gasteiger partial charge in [-0.1, -0.05) is 30.3 Å². The van der Waals surface area contributed by atoms with Crippen molar-refractivity contribution < 1.29 is 4.74 Å². The Hall–Kier alpha value is -3.29. The van der Waals surface area contributed by atoms with Crippen LogP contribution in [0.4, 0.5) is 23.0 Å². The summed E-state index contributed by atoms with van der Waals surface area (Å²) in [5.41, 5.74) is 4.17. The largest absolute Gasteiger partial charge is 0.378 e. The number of rotatable bonds is 4. The highest BCUT2D eigenvalue weighted by Crippen LogP contribution is 2.43. The molecule has 0 atom stereocenters. The van der Waals surface area contributed by atoms with Crippen LogP contribution in [0.25, 0.3) is 11.0 Å². The number of hydrogen-bond donors (Lipinski definition) is 0. The zero-order valence-corrected chi connectivity index (χ0v) is 18.4. The zero-order chi connectivity index (χ0) is 21.3. The van der Waals surface area contributed by atoms with Crippen molar-refractivity contribution in [1.82, 2.24) is 9.97 Å². The van der Waals surface area contributed by atoms with Gasteiger partial charge in [-0.05, 0) is 60.5 Å². The third-order valence-electron chi connectivity index (χ3n) is 5.79. The molecule has 0 N–H and O–H groups in total. The van der Waals surface area contributed by atoms with Crippen LogP contribution in [-0.4, -0.2) is 42.9 Å². The number of fused-ring (bicyclic) bond motifs is 2. The van der Waals surface area contributed by atoms with Crippen LogP contribution < -0.4 is 14.1 Å². The van der Waals surface area contributed by atoms with Crippen molar-refractivity contribution in [2.75, 3.05) is 47.1 Å². The normalized spacial score (nSPS) is 15.9. The maximum Gasteiger partial charge on any atom is 0.185 e. The molecule has 3 aromatic carbocycles. The maximum absolute atomic E-state index is 5.49. The SMILES string of the molecule is c1ccc(SN2CN(c3ccc(N4CCOCC4)cc3)c3nc4ccccc4nc32)cc1. The van der Waals surface area contributed by atoms with Gasteiger partial charge in [0.2, 0.25) is 0 Å². The molecular weight excluding hydrogens is 418 g/mol. The van der Waals surface area contributed by atoms with Gasteiger partial charge in [-0.15, -0.1) is 0 Å². The molecule has 1 saturated heterocycles. The molecule has 32 heavy (non-hydrogen) atoms. The Kier molecular flexibility index (Phi) is 5.05. The van der Waals surface area contributed by atoms with Gasteiger partial charge < -0.3 is 14.5 Å². The third kappa shape index (κ3) is 3.63. The molecule has 4 aromatic rings. The monoisotopic (exact) mass is 441 g/mol. The van der Waals surface area contributed by atoms with Crippen molar-refractivity contribution in [3.8, 4) is 0 Å². The lowest BCUT2D eigenvalue weighted by atomic mass is 10.2. The van der Waals surface area contributed by atoms with Gasteiger partial charge in [0.25, 0.3) is 0 Å². The average Bonchev–Trinajstić information content (AvgIpc) is 3.21. The molecule has 6 nitrogen and oxygen atoms in total. The highest BCUT2D eigenvalue weighted by Gasteiger charge is 2.31. The highest BCUT2D eigenvalue weighted by molar-refractivity contribution is 8.00. The lowest BCUT2D eigenvalue weighted by molar-refractivity contribution is 0.122. The van der Waals surface area contributed by atoms with Crippen LogP contribution in [0.2, 0.25) is 0 Å². The third-order valence-corrected chi connectivity index (χ3v) is 6.78. The van der Waals surface area contributed by atoms with E-state index < -0.39 is 0 Å². The maximum atomic E-state index is 5.49. The van der Waals surface area contributed by atoms with Crippen LogP contribution in [-0.2, 0) is 4.74 Å². The molecule has 1 fully saturated rings. The molecule has 0 bridgehead atoms. The molecule has 1 aromatic heterocycles. The average molecular weight is 442 g/mol. The minimum Gasteiger partial charge on any atom is -0.378 e. The number of nitrogens with zero attached hydrogens (tertiary/aromatic N) is 5. The van der Waals surface area contributed by atoms with Crippen molar-refractivity contribution in [3.63, 3.8) is 0 Å². The van der Waals surface area contributed by atoms with Gasteiger partial charge in [-0.25, -0.2) is 9.97 Å². The summed E-state index contributed by atoms with van der Waals surface area (Å²) in [4.78, 5) is 15.8. The summed E-state index contributed by atoms with van der Waals surface area (Å²) in [6.45, 7) is 4.13. The standard InChI is InChI=1S/C25H23N5OS/c1-2-6-21(7-3-1)32-30-18-29(24-25(30)27-23-9-5-4-8-22(23)26-24)20-12-10-19(11-13-20)28-14-16-31-17-15-28/h1-13H,14-18H2. The molecule has 0 radical (unpaired) electrons. The van der Waals surface area contributed by atoms with Gasteiger partial charge in [0.15, 0.2) is 11.6 Å². The first kappa shape index (κ1) is 19.4. The van der Waals surface area contributed by atoms with E-state index in [0.717, 1.165) is 54.7 Å². The first-order chi connectivity index (χ1) is 15.8. The Balaban J connectivity index is 1.36. The second kappa shape index (κ2) is 8.33. The molecule has 3 heterocycles. The Morgan fingerprint density at radius 3 is 2.03 bits per heavy atom. The highest BCUT2D eigenvalue weighted by atomic mass is 32.2. The topological polar surface area (TPSA) is 44.7 Å². The van der Waals surface area contributed by atoms with Crippen LogP contribution in [0.1, 0.15) is 0 Å². The molecular formula is C25H23N5OS. The van der Waals surface area contributed by atoms with Crippen molar-refractivity contribution in [2.45, 2.75) is 4.90 Å². The van der Waals surface area contributed by atoms with E-state index in [1.54, 1.807) is 11.9 Å². The lowest BCUT2D eigenvalue weighted by Crippen LogP contribution is -2.36. The summed E-state index contributed by atoms with van der Waals surface area (Å²) >= 11 is 1.69. The predicted molar refractivity (Wildman–Crippen MR) is 131 cm³/mol. The van der Waals surface area contributed by atoms with E-state index in [1.807, 2.05) is 30.3 Å². The van der Waals surface area contributed by atoms with Crippen LogP contribution in [0.5, 0.6) is 0 Å². The Morgan fingerprint density at radius 2 is 1.31 bits per heavy atom. The summed E-state index contributed by atoms with van der Waals surface area (Å²) in [6.07, 6.45) is 0. The zero-order valence-electron chi connectivity index (χ0n) is 17.6. The molecule has 2 aliphatic heterocycles. The number of para-hydroxylation sites is 2. The van der Waals surface area contributed by atoms with Gasteiger partial charge in [0.1, 0.15) is 6.67 Å². The Labute approximate surface area is 191 Å². The molecule has 0 aliphatic carbocycles. The minimum absolute atomic E-state index is 0.683. The van der Waals surface area contributed by atoms with E-state index in [1.165, 1.54) is 10.6 Å². The van der Waals surface area contributed by atoms with Crippen molar-refractivity contribution in [3.05, 3.63) is 78.9 Å². The summed E-state index contributed by atoms with van der Waals surface area (Å²) in [5.74, 6) is 1.79. The molecule has 0 amide bonds. The van der Waals surface area contributed by atoms with E-state index in [2.05, 4.69) is 62.6 Å². The summed E-state index contributed by atoms with van der Waals surface area (Å²) in [6, 6.07) is 27.2. The predicted octanol–water partition coefficient (Wildman–Crippen LogP) is 5.09. The molecule has 0 saturated carbocycles. The number of aromatic nitrogens is 2. The first-order valence-corrected chi connectivity index (χ1v) is 11.6. The summed E-state index contributed by atoms with van der Waals surface area (Å²) in [7, 11) is 0. The van der Waals surface area contributed by atoms with Gasteiger partial charge in [0.05, 0.1) is 24.2 Å². The quantitative estimate of drug-likeness (QED) is 0.409. The van der Waals surface area contributed by atoms with Crippen molar-refractivity contribution >= 4 is 46.0 Å². The van der Waals surface area contributed by atoms with Crippen LogP contribution in [0.15, 0.2) is 83.8 Å². The molecule has 7 heteroatoms. The van der Waals surface area contributed by atoms with E-state index in [0.29, 0.717) is 6.67 Å². The van der Waals surface area contributed by atoms with Crippen molar-refractivity contribution in [1.29, 1.82) is 0 Å². The lowest BCUT2D eigenvalue weighted by Gasteiger charge is -2.29. The second-order valence-corrected chi connectivity index (χ2v) is 8.92. The number of ether oxygens (including phenoxy) is 1. The fourth-order valence-electron chi connectivity index (χ4n) is 4.14. The minimum atomic E-state index is 0.683. The molecule has 6 rings (SSSR count). The molecule has 0 spiro atoms. The van der Waals surface area contributed by atoms with Gasteiger partial charge in [-0.3, -0.25) is 4.31 Å². The van der Waals surface area contributed by atoms with Gasteiger partial charge in [-0.2, -0.15) is 0 Å². The number of morpholine rings is 1. The molecule has 160 valence electrons. The van der Waals surface area contributed by atoms with Crippen molar-refractivity contribution in [2.24, 2.45) is 0 Å². The van der Waals surface area contributed by atoms with Crippen LogP contribution in [0.3, 0.4) is 0 Å². The summed E-state index contributed by atoms with van der Waals surface area (Å²) in [5, 5.41) is 0. The van der Waals surface area contributed by atoms with E-state index in [-0.39, 0.29) is 0 Å². The number of benzene rings is 3. The van der Waals surface area contributed by atoms with Crippen LogP contribution in [0, 0.1) is 0 Å². The molecule has 0 unspecified atom stereocenters. The van der Waals surface area contributed by atoms with E-state index in [4.69, 9.17) is 14.7 Å². The van der Waals surface area contributed by atoms with Crippen LogP contribution >= 0.6 is 11.9 Å². The van der Waals surface area contributed by atoms with Gasteiger partial charge >= 0.3 is 0 Å². The van der Waals surface area contributed by atoms with E-state index >= 15 is 0 Å². The number of anilines is 4. The Bertz CT molecular complexity index is 1230. The molecule has 2 aliphatic rings. The Morgan fingerprint density at radius 1 is 0.688 bits per heavy atom. The fraction of sp³-hybridized carbons (Fsp3) is 0.200. The summed E-state index contributed by atoms with van der Waals surface area (Å²) < 4.78 is 7.71.